The van der Waals surface area contributed by atoms with Crippen molar-refractivity contribution in [3.8, 4) is 5.75 Å². The lowest BCUT2D eigenvalue weighted by atomic mass is 10.1. The van der Waals surface area contributed by atoms with Crippen LogP contribution in [-0.4, -0.2) is 17.5 Å². The minimum absolute atomic E-state index is 0.110. The van der Waals surface area contributed by atoms with Crippen molar-refractivity contribution < 1.29 is 9.53 Å². The number of ether oxygens (including phenoxy) is 1. The van der Waals surface area contributed by atoms with E-state index in [1.165, 1.54) is 11.3 Å². The van der Waals surface area contributed by atoms with Crippen molar-refractivity contribution in [1.82, 2.24) is 4.98 Å². The fourth-order valence-corrected chi connectivity index (χ4v) is 5.09. The van der Waals surface area contributed by atoms with Gasteiger partial charge >= 0.3 is 0 Å². The molecule has 0 N–H and O–H groups in total. The zero-order valence-electron chi connectivity index (χ0n) is 18.9. The van der Waals surface area contributed by atoms with Gasteiger partial charge in [-0.15, -0.1) is 0 Å². The van der Waals surface area contributed by atoms with Crippen molar-refractivity contribution in [3.05, 3.63) is 88.4 Å². The molecule has 0 atom stereocenters. The van der Waals surface area contributed by atoms with Gasteiger partial charge in [-0.3, -0.25) is 9.69 Å². The van der Waals surface area contributed by atoms with Gasteiger partial charge in [0.05, 0.1) is 23.4 Å². The molecule has 1 aromatic heterocycles. The van der Waals surface area contributed by atoms with Crippen molar-refractivity contribution in [3.63, 3.8) is 0 Å². The van der Waals surface area contributed by atoms with E-state index in [1.54, 1.807) is 4.90 Å². The van der Waals surface area contributed by atoms with Crippen molar-refractivity contribution in [2.75, 3.05) is 11.5 Å². The number of nitrogens with zero attached hydrogens (tertiary/aromatic N) is 2. The molecule has 0 radical (unpaired) electrons. The largest absolute Gasteiger partial charge is 0.494 e. The quantitative estimate of drug-likeness (QED) is 0.232. The summed E-state index contributed by atoms with van der Waals surface area (Å²) in [6, 6.07) is 21.2. The van der Waals surface area contributed by atoms with E-state index in [2.05, 4.69) is 6.92 Å². The molecule has 4 rings (SSSR count). The number of anilines is 1. The zero-order valence-corrected chi connectivity index (χ0v) is 20.5. The van der Waals surface area contributed by atoms with Crippen LogP contribution in [0.3, 0.4) is 0 Å². The number of aryl methyl sites for hydroxylation is 1. The lowest BCUT2D eigenvalue weighted by Gasteiger charge is -2.20. The van der Waals surface area contributed by atoms with E-state index in [9.17, 15) is 4.79 Å². The fraction of sp³-hybridized carbons (Fsp3) is 0.259. The Labute approximate surface area is 203 Å². The molecule has 0 aliphatic heterocycles. The van der Waals surface area contributed by atoms with E-state index in [-0.39, 0.29) is 5.91 Å². The summed E-state index contributed by atoms with van der Waals surface area (Å²) in [6.45, 7) is 5.23. The second kappa shape index (κ2) is 10.8. The van der Waals surface area contributed by atoms with Gasteiger partial charge in [-0.25, -0.2) is 4.98 Å². The van der Waals surface area contributed by atoms with Crippen molar-refractivity contribution in [1.29, 1.82) is 0 Å². The highest BCUT2D eigenvalue weighted by atomic mass is 35.5. The van der Waals surface area contributed by atoms with Gasteiger partial charge < -0.3 is 4.74 Å². The Morgan fingerprint density at radius 3 is 2.67 bits per heavy atom. The topological polar surface area (TPSA) is 42.4 Å². The van der Waals surface area contributed by atoms with Gasteiger partial charge in [0.1, 0.15) is 5.75 Å². The number of aromatic nitrogens is 1. The summed E-state index contributed by atoms with van der Waals surface area (Å²) in [6.07, 6.45) is 3.27. The maximum Gasteiger partial charge on any atom is 0.260 e. The predicted octanol–water partition coefficient (Wildman–Crippen LogP) is 7.67. The maximum atomic E-state index is 13.7. The molecule has 4 aromatic rings. The van der Waals surface area contributed by atoms with Crippen LogP contribution in [0.5, 0.6) is 5.75 Å². The first-order valence-electron chi connectivity index (χ1n) is 11.2. The molecule has 0 unspecified atom stereocenters. The zero-order chi connectivity index (χ0) is 23.2. The molecule has 0 saturated heterocycles. The lowest BCUT2D eigenvalue weighted by Crippen LogP contribution is -2.30. The van der Waals surface area contributed by atoms with Gasteiger partial charge in [-0.05, 0) is 54.8 Å². The van der Waals surface area contributed by atoms with Crippen LogP contribution in [0, 0.1) is 6.92 Å². The number of rotatable bonds is 9. The number of halogens is 1. The Kier molecular flexibility index (Phi) is 7.63. The van der Waals surface area contributed by atoms with E-state index >= 15 is 0 Å². The van der Waals surface area contributed by atoms with Crippen LogP contribution in [0.2, 0.25) is 5.02 Å². The summed E-state index contributed by atoms with van der Waals surface area (Å²) in [5.41, 5.74) is 3.48. The summed E-state index contributed by atoms with van der Waals surface area (Å²) < 4.78 is 6.85. The molecule has 3 aromatic carbocycles. The number of amides is 1. The average Bonchev–Trinajstić information content (AvgIpc) is 3.25. The second-order valence-electron chi connectivity index (χ2n) is 8.03. The Balaban J connectivity index is 1.67. The van der Waals surface area contributed by atoms with Crippen LogP contribution in [-0.2, 0) is 6.54 Å². The van der Waals surface area contributed by atoms with Gasteiger partial charge in [0.2, 0.25) is 0 Å². The monoisotopic (exact) mass is 478 g/mol. The first-order chi connectivity index (χ1) is 16.0. The minimum Gasteiger partial charge on any atom is -0.494 e. The molecule has 1 heterocycles. The third kappa shape index (κ3) is 5.73. The van der Waals surface area contributed by atoms with E-state index in [4.69, 9.17) is 21.3 Å². The molecule has 4 nitrogen and oxygen atoms in total. The predicted molar refractivity (Wildman–Crippen MR) is 138 cm³/mol. The molecule has 170 valence electrons. The molecule has 0 aliphatic rings. The molecular weight excluding hydrogens is 452 g/mol. The van der Waals surface area contributed by atoms with E-state index in [1.807, 2.05) is 73.7 Å². The van der Waals surface area contributed by atoms with Gasteiger partial charge in [-0.2, -0.15) is 0 Å². The van der Waals surface area contributed by atoms with E-state index in [0.29, 0.717) is 34.6 Å². The van der Waals surface area contributed by atoms with Crippen LogP contribution >= 0.6 is 22.9 Å². The number of fused-ring (bicyclic) bond motifs is 1. The highest BCUT2D eigenvalue weighted by Gasteiger charge is 2.23. The van der Waals surface area contributed by atoms with Crippen LogP contribution in [0.1, 0.15) is 47.7 Å². The molecule has 6 heteroatoms. The van der Waals surface area contributed by atoms with Gasteiger partial charge in [0.25, 0.3) is 5.91 Å². The number of thiazole rings is 1. The van der Waals surface area contributed by atoms with Gasteiger partial charge in [0, 0.05) is 10.6 Å². The molecule has 33 heavy (non-hydrogen) atoms. The summed E-state index contributed by atoms with van der Waals surface area (Å²) in [4.78, 5) is 20.3. The minimum atomic E-state index is -0.110. The van der Waals surface area contributed by atoms with Crippen LogP contribution in [0.15, 0.2) is 66.7 Å². The smallest absolute Gasteiger partial charge is 0.260 e. The van der Waals surface area contributed by atoms with Crippen molar-refractivity contribution >= 4 is 44.2 Å². The lowest BCUT2D eigenvalue weighted by molar-refractivity contribution is 0.0984. The van der Waals surface area contributed by atoms with Crippen LogP contribution < -0.4 is 9.64 Å². The highest BCUT2D eigenvalue weighted by Crippen LogP contribution is 2.34. The molecule has 0 aliphatic carbocycles. The molecule has 0 spiro atoms. The fourth-order valence-electron chi connectivity index (χ4n) is 3.67. The molecule has 0 bridgehead atoms. The highest BCUT2D eigenvalue weighted by molar-refractivity contribution is 7.22. The number of carbonyl (C=O) groups excluding carboxylic acids is 1. The van der Waals surface area contributed by atoms with Gasteiger partial charge in [0.15, 0.2) is 5.13 Å². The summed E-state index contributed by atoms with van der Waals surface area (Å²) in [7, 11) is 0. The molecular formula is C27H27ClN2O2S. The number of benzene rings is 3. The van der Waals surface area contributed by atoms with E-state index in [0.717, 1.165) is 40.6 Å². The van der Waals surface area contributed by atoms with Crippen molar-refractivity contribution in [2.24, 2.45) is 0 Å². The van der Waals surface area contributed by atoms with Crippen LogP contribution in [0.25, 0.3) is 10.2 Å². The molecule has 0 fully saturated rings. The van der Waals surface area contributed by atoms with E-state index < -0.39 is 0 Å². The standard InChI is InChI=1S/C27H27ClN2O2S/c1-3-4-8-14-32-23-13-9-12-21(16-23)26(31)30(18-20-10-6-5-7-11-20)27-29-25-19(2)15-22(28)17-24(25)33-27/h5-7,9-13,15-17H,3-4,8,14,18H2,1-2H3. The van der Waals surface area contributed by atoms with Crippen LogP contribution in [0.4, 0.5) is 5.13 Å². The average molecular weight is 479 g/mol. The summed E-state index contributed by atoms with van der Waals surface area (Å²) >= 11 is 7.74. The Morgan fingerprint density at radius 1 is 1.06 bits per heavy atom. The third-order valence-electron chi connectivity index (χ3n) is 5.40. The Hall–Kier alpha value is -2.89. The number of hydrogen-bond acceptors (Lipinski definition) is 4. The second-order valence-corrected chi connectivity index (χ2v) is 9.47. The third-order valence-corrected chi connectivity index (χ3v) is 6.64. The number of carbonyl (C=O) groups is 1. The normalized spacial score (nSPS) is 11.0. The number of hydrogen-bond donors (Lipinski definition) is 0. The van der Waals surface area contributed by atoms with Gasteiger partial charge in [-0.1, -0.05) is 79.1 Å². The molecule has 0 saturated carbocycles. The maximum absolute atomic E-state index is 13.7. The first-order valence-corrected chi connectivity index (χ1v) is 12.4. The van der Waals surface area contributed by atoms with Crippen molar-refractivity contribution in [2.45, 2.75) is 39.7 Å². The molecule has 1 amide bonds. The Morgan fingerprint density at radius 2 is 1.88 bits per heavy atom. The summed E-state index contributed by atoms with van der Waals surface area (Å²) in [5.74, 6) is 0.601. The Bertz CT molecular complexity index is 1240. The number of unbranched alkanes of at least 4 members (excludes halogenated alkanes) is 2. The summed E-state index contributed by atoms with van der Waals surface area (Å²) in [5, 5.41) is 1.32. The first kappa shape index (κ1) is 23.3. The SMILES string of the molecule is CCCCCOc1cccc(C(=O)N(Cc2ccccc2)c2nc3c(C)cc(Cl)cc3s2)c1.